The van der Waals surface area contributed by atoms with E-state index in [0.29, 0.717) is 27.1 Å². The molecule has 0 spiro atoms. The van der Waals surface area contributed by atoms with Crippen LogP contribution in [0.3, 0.4) is 0 Å². The highest BCUT2D eigenvalue weighted by atomic mass is 32.2. The van der Waals surface area contributed by atoms with Crippen LogP contribution in [0.5, 0.6) is 5.75 Å². The highest BCUT2D eigenvalue weighted by Crippen LogP contribution is 2.32. The average Bonchev–Trinajstić information content (AvgIpc) is 3.19. The number of aryl methyl sites for hydroxylation is 1. The quantitative estimate of drug-likeness (QED) is 0.249. The molecule has 4 rings (SSSR count). The van der Waals surface area contributed by atoms with E-state index in [1.54, 1.807) is 35.2 Å². The number of furan rings is 1. The minimum atomic E-state index is -0.546. The molecule has 1 aromatic heterocycles. The van der Waals surface area contributed by atoms with Gasteiger partial charge in [-0.05, 0) is 43.7 Å². The molecule has 3 aromatic rings. The van der Waals surface area contributed by atoms with Crippen molar-refractivity contribution in [3.63, 3.8) is 0 Å². The fourth-order valence-corrected chi connectivity index (χ4v) is 4.46. The minimum Gasteiger partial charge on any atom is -0.449 e. The number of rotatable bonds is 4. The highest BCUT2D eigenvalue weighted by molar-refractivity contribution is 8.26. The van der Waals surface area contributed by atoms with Gasteiger partial charge in [-0.15, -0.1) is 0 Å². The first-order chi connectivity index (χ1) is 14.0. The summed E-state index contributed by atoms with van der Waals surface area (Å²) in [5, 5.41) is 0.888. The van der Waals surface area contributed by atoms with Crippen molar-refractivity contribution in [2.45, 2.75) is 13.8 Å². The second-order valence-corrected chi connectivity index (χ2v) is 8.11. The summed E-state index contributed by atoms with van der Waals surface area (Å²) in [6.07, 6.45) is 1.78. The lowest BCUT2D eigenvalue weighted by Crippen LogP contribution is -2.27. The number of fused-ring (bicyclic) bond motifs is 1. The molecule has 1 amide bonds. The van der Waals surface area contributed by atoms with Crippen LogP contribution in [0.1, 0.15) is 28.6 Å². The first-order valence-corrected chi connectivity index (χ1v) is 10.3. The first-order valence-electron chi connectivity index (χ1n) is 9.03. The molecule has 2 heterocycles. The molecule has 0 N–H and O–H groups in total. The molecule has 146 valence electrons. The third kappa shape index (κ3) is 3.71. The summed E-state index contributed by atoms with van der Waals surface area (Å²) in [4.78, 5) is 27.0. The van der Waals surface area contributed by atoms with E-state index < -0.39 is 5.97 Å². The van der Waals surface area contributed by atoms with E-state index in [1.165, 1.54) is 11.8 Å². The summed E-state index contributed by atoms with van der Waals surface area (Å²) in [5.41, 5.74) is 2.22. The topological polar surface area (TPSA) is 59.8 Å². The van der Waals surface area contributed by atoms with Crippen LogP contribution in [-0.2, 0) is 4.79 Å². The largest absolute Gasteiger partial charge is 0.449 e. The summed E-state index contributed by atoms with van der Waals surface area (Å²) in [6.45, 7) is 4.27. The Balaban J connectivity index is 1.50. The van der Waals surface area contributed by atoms with Crippen LogP contribution in [0, 0.1) is 6.92 Å². The monoisotopic (exact) mass is 423 g/mol. The van der Waals surface area contributed by atoms with E-state index in [4.69, 9.17) is 21.4 Å². The molecule has 2 aromatic carbocycles. The van der Waals surface area contributed by atoms with Crippen LogP contribution in [-0.4, -0.2) is 27.6 Å². The van der Waals surface area contributed by atoms with Gasteiger partial charge in [0, 0.05) is 17.5 Å². The van der Waals surface area contributed by atoms with Gasteiger partial charge in [0.1, 0.15) is 15.7 Å². The third-order valence-electron chi connectivity index (χ3n) is 4.61. The van der Waals surface area contributed by atoms with Gasteiger partial charge >= 0.3 is 5.97 Å². The van der Waals surface area contributed by atoms with Gasteiger partial charge in [-0.25, -0.2) is 4.79 Å². The van der Waals surface area contributed by atoms with Crippen molar-refractivity contribution in [3.05, 3.63) is 70.3 Å². The lowest BCUT2D eigenvalue weighted by atomic mass is 10.1. The Kier molecular flexibility index (Phi) is 5.25. The maximum atomic E-state index is 12.5. The number of benzene rings is 2. The number of esters is 1. The Morgan fingerprint density at radius 1 is 1.21 bits per heavy atom. The number of nitrogens with zero attached hydrogens (tertiary/aromatic N) is 1. The van der Waals surface area contributed by atoms with Crippen molar-refractivity contribution in [1.29, 1.82) is 0 Å². The minimum absolute atomic E-state index is 0.0848. The SMILES string of the molecule is CCN1C(=O)/C(=C\c2ccc(OC(=O)c3oc4ccccc4c3C)cc2)SC1=S. The van der Waals surface area contributed by atoms with Crippen molar-refractivity contribution >= 4 is 57.2 Å². The van der Waals surface area contributed by atoms with Crippen molar-refractivity contribution < 1.29 is 18.7 Å². The second kappa shape index (κ2) is 7.85. The van der Waals surface area contributed by atoms with Crippen LogP contribution in [0.15, 0.2) is 57.9 Å². The zero-order valence-corrected chi connectivity index (χ0v) is 17.4. The van der Waals surface area contributed by atoms with Gasteiger partial charge < -0.3 is 9.15 Å². The Bertz CT molecular complexity index is 1160. The van der Waals surface area contributed by atoms with Gasteiger partial charge in [-0.1, -0.05) is 54.3 Å². The number of para-hydroxylation sites is 1. The van der Waals surface area contributed by atoms with Gasteiger partial charge in [-0.3, -0.25) is 9.69 Å². The molecular weight excluding hydrogens is 406 g/mol. The molecule has 7 heteroatoms. The highest BCUT2D eigenvalue weighted by Gasteiger charge is 2.30. The smallest absolute Gasteiger partial charge is 0.379 e. The van der Waals surface area contributed by atoms with Crippen LogP contribution in [0.2, 0.25) is 0 Å². The normalized spacial score (nSPS) is 15.5. The summed E-state index contributed by atoms with van der Waals surface area (Å²) >= 11 is 6.51. The lowest BCUT2D eigenvalue weighted by molar-refractivity contribution is -0.121. The summed E-state index contributed by atoms with van der Waals surface area (Å²) in [7, 11) is 0. The molecule has 0 saturated carbocycles. The maximum absolute atomic E-state index is 12.5. The molecule has 0 radical (unpaired) electrons. The fraction of sp³-hybridized carbons (Fsp3) is 0.136. The number of thioether (sulfide) groups is 1. The van der Waals surface area contributed by atoms with Crippen LogP contribution >= 0.6 is 24.0 Å². The number of thiocarbonyl (C=S) groups is 1. The van der Waals surface area contributed by atoms with Crippen molar-refractivity contribution in [2.24, 2.45) is 0 Å². The molecule has 0 bridgehead atoms. The number of carbonyl (C=O) groups is 2. The standard InChI is InChI=1S/C22H17NO4S2/c1-3-23-20(24)18(29-22(23)28)12-14-8-10-15(11-9-14)26-21(25)19-13(2)16-6-4-5-7-17(16)27-19/h4-12H,3H2,1-2H3/b18-12+. The Hall–Kier alpha value is -2.90. The number of amides is 1. The molecule has 29 heavy (non-hydrogen) atoms. The van der Waals surface area contributed by atoms with Crippen molar-refractivity contribution in [3.8, 4) is 5.75 Å². The molecule has 1 fully saturated rings. The zero-order chi connectivity index (χ0) is 20.5. The summed E-state index contributed by atoms with van der Waals surface area (Å²) in [6, 6.07) is 14.4. The second-order valence-electron chi connectivity index (χ2n) is 6.44. The van der Waals surface area contributed by atoms with Gasteiger partial charge in [-0.2, -0.15) is 0 Å². The Morgan fingerprint density at radius 3 is 2.59 bits per heavy atom. The van der Waals surface area contributed by atoms with Crippen LogP contribution < -0.4 is 4.74 Å². The number of hydrogen-bond acceptors (Lipinski definition) is 6. The predicted molar refractivity (Wildman–Crippen MR) is 118 cm³/mol. The molecular formula is C22H17NO4S2. The van der Waals surface area contributed by atoms with Crippen molar-refractivity contribution in [1.82, 2.24) is 4.90 Å². The van der Waals surface area contributed by atoms with Gasteiger partial charge in [0.05, 0.1) is 4.91 Å². The third-order valence-corrected chi connectivity index (χ3v) is 5.99. The van der Waals surface area contributed by atoms with Gasteiger partial charge in [0.2, 0.25) is 5.76 Å². The molecule has 1 aliphatic heterocycles. The summed E-state index contributed by atoms with van der Waals surface area (Å²) < 4.78 is 11.7. The maximum Gasteiger partial charge on any atom is 0.379 e. The number of ether oxygens (including phenoxy) is 1. The van der Waals surface area contributed by atoms with Gasteiger partial charge in [0.25, 0.3) is 5.91 Å². The Morgan fingerprint density at radius 2 is 1.93 bits per heavy atom. The lowest BCUT2D eigenvalue weighted by Gasteiger charge is -2.09. The molecule has 1 saturated heterocycles. The van der Waals surface area contributed by atoms with E-state index in [2.05, 4.69) is 0 Å². The first kappa shape index (κ1) is 19.4. The molecule has 0 aliphatic carbocycles. The van der Waals surface area contributed by atoms with Gasteiger partial charge in [0.15, 0.2) is 0 Å². The van der Waals surface area contributed by atoms with Crippen LogP contribution in [0.4, 0.5) is 0 Å². The molecule has 1 aliphatic rings. The van der Waals surface area contributed by atoms with E-state index in [0.717, 1.165) is 16.5 Å². The number of likely N-dealkylation sites (N-methyl/N-ethyl adjacent to an activating group) is 1. The van der Waals surface area contributed by atoms with E-state index in [9.17, 15) is 9.59 Å². The average molecular weight is 424 g/mol. The van der Waals surface area contributed by atoms with E-state index in [1.807, 2.05) is 38.1 Å². The predicted octanol–water partition coefficient (Wildman–Crippen LogP) is 5.18. The fourth-order valence-electron chi connectivity index (χ4n) is 3.08. The summed E-state index contributed by atoms with van der Waals surface area (Å²) in [5.74, 6) is -0.0414. The molecule has 0 atom stereocenters. The molecule has 0 unspecified atom stereocenters. The van der Waals surface area contributed by atoms with Crippen LogP contribution in [0.25, 0.3) is 17.0 Å². The van der Waals surface area contributed by atoms with Crippen molar-refractivity contribution in [2.75, 3.05) is 6.54 Å². The number of hydrogen-bond donors (Lipinski definition) is 0. The van der Waals surface area contributed by atoms with E-state index >= 15 is 0 Å². The number of carbonyl (C=O) groups excluding carboxylic acids is 2. The van der Waals surface area contributed by atoms with E-state index in [-0.39, 0.29) is 11.7 Å². The molecule has 5 nitrogen and oxygen atoms in total. The Labute approximate surface area is 177 Å². The zero-order valence-electron chi connectivity index (χ0n) is 15.8.